The molecule has 92 valence electrons. The summed E-state index contributed by atoms with van der Waals surface area (Å²) in [5.41, 5.74) is 17.0. The Bertz CT molecular complexity index is 403. The number of benzene rings is 1. The second-order valence-electron chi connectivity index (χ2n) is 3.66. The van der Waals surface area contributed by atoms with Crippen molar-refractivity contribution in [3.63, 3.8) is 0 Å². The van der Waals surface area contributed by atoms with Gasteiger partial charge in [0.2, 0.25) is 5.91 Å². The maximum Gasteiger partial charge on any atom is 0.404 e. The highest BCUT2D eigenvalue weighted by molar-refractivity contribution is 5.92. The molecule has 1 aromatic rings. The molecule has 0 fully saturated rings. The van der Waals surface area contributed by atoms with Gasteiger partial charge >= 0.3 is 6.09 Å². The molecule has 0 aliphatic rings. The Morgan fingerprint density at radius 2 is 1.76 bits per heavy atom. The molecule has 17 heavy (non-hydrogen) atoms. The van der Waals surface area contributed by atoms with Gasteiger partial charge in [0.05, 0.1) is 0 Å². The van der Waals surface area contributed by atoms with Gasteiger partial charge in [0.15, 0.2) is 0 Å². The Labute approximate surface area is 98.7 Å². The zero-order valence-corrected chi connectivity index (χ0v) is 9.26. The van der Waals surface area contributed by atoms with Gasteiger partial charge in [0.1, 0.15) is 6.61 Å². The van der Waals surface area contributed by atoms with Gasteiger partial charge in [0, 0.05) is 11.6 Å². The van der Waals surface area contributed by atoms with Crippen LogP contribution >= 0.6 is 0 Å². The maximum atomic E-state index is 10.8. The summed E-state index contributed by atoms with van der Waals surface area (Å²) in [7, 11) is 0. The van der Waals surface area contributed by atoms with Gasteiger partial charge in [-0.15, -0.1) is 0 Å². The van der Waals surface area contributed by atoms with E-state index in [4.69, 9.17) is 17.2 Å². The zero-order valence-electron chi connectivity index (χ0n) is 9.26. The summed E-state index contributed by atoms with van der Waals surface area (Å²) >= 11 is 0. The van der Waals surface area contributed by atoms with E-state index >= 15 is 0 Å². The standard InChI is InChI=1S/C11H15N3O3/c12-9(6-17-11(14)16)5-7-1-3-8(4-2-7)10(13)15/h1-4,9H,5-6,12H2,(H2,13,15)(H2,14,16). The van der Waals surface area contributed by atoms with Crippen molar-refractivity contribution in [3.05, 3.63) is 35.4 Å². The summed E-state index contributed by atoms with van der Waals surface area (Å²) in [5, 5.41) is 0. The molecular formula is C11H15N3O3. The molecule has 1 aromatic carbocycles. The molecule has 0 radical (unpaired) electrons. The van der Waals surface area contributed by atoms with E-state index in [1.807, 2.05) is 0 Å². The second kappa shape index (κ2) is 5.86. The number of nitrogens with two attached hydrogens (primary N) is 3. The number of primary amides is 2. The minimum Gasteiger partial charge on any atom is -0.448 e. The van der Waals surface area contributed by atoms with E-state index in [1.165, 1.54) is 0 Å². The van der Waals surface area contributed by atoms with E-state index < -0.39 is 12.0 Å². The lowest BCUT2D eigenvalue weighted by Gasteiger charge is -2.11. The Kier molecular flexibility index (Phi) is 4.47. The van der Waals surface area contributed by atoms with Crippen molar-refractivity contribution in [2.45, 2.75) is 12.5 Å². The largest absolute Gasteiger partial charge is 0.448 e. The van der Waals surface area contributed by atoms with Crippen LogP contribution in [0.5, 0.6) is 0 Å². The first kappa shape index (κ1) is 13.0. The Hall–Kier alpha value is -2.08. The molecule has 0 aliphatic heterocycles. The lowest BCUT2D eigenvalue weighted by Crippen LogP contribution is -2.31. The first-order chi connectivity index (χ1) is 7.99. The first-order valence-electron chi connectivity index (χ1n) is 5.05. The van der Waals surface area contributed by atoms with E-state index in [0.29, 0.717) is 12.0 Å². The van der Waals surface area contributed by atoms with Gasteiger partial charge in [-0.3, -0.25) is 4.79 Å². The van der Waals surface area contributed by atoms with Crippen LogP contribution in [0, 0.1) is 0 Å². The number of carbonyl (C=O) groups excluding carboxylic acids is 2. The van der Waals surface area contributed by atoms with Crippen molar-refractivity contribution >= 4 is 12.0 Å². The maximum absolute atomic E-state index is 10.8. The summed E-state index contributed by atoms with van der Waals surface area (Å²) in [6.07, 6.45) is -0.323. The van der Waals surface area contributed by atoms with E-state index in [9.17, 15) is 9.59 Å². The SMILES string of the molecule is NC(=O)OCC(N)Cc1ccc(C(N)=O)cc1. The van der Waals surface area contributed by atoms with Crippen LogP contribution in [-0.2, 0) is 11.2 Å². The summed E-state index contributed by atoms with van der Waals surface area (Å²) in [6.45, 7) is 0.0624. The van der Waals surface area contributed by atoms with Crippen LogP contribution in [0.1, 0.15) is 15.9 Å². The predicted octanol–water partition coefficient (Wildman–Crippen LogP) is -0.249. The lowest BCUT2D eigenvalue weighted by atomic mass is 10.1. The third-order valence-corrected chi connectivity index (χ3v) is 2.18. The zero-order chi connectivity index (χ0) is 12.8. The van der Waals surface area contributed by atoms with Crippen molar-refractivity contribution in [1.82, 2.24) is 0 Å². The molecule has 1 unspecified atom stereocenters. The van der Waals surface area contributed by atoms with Gasteiger partial charge in [-0.05, 0) is 24.1 Å². The molecule has 0 aliphatic carbocycles. The number of ether oxygens (including phenoxy) is 1. The fourth-order valence-corrected chi connectivity index (χ4v) is 1.36. The van der Waals surface area contributed by atoms with E-state index in [2.05, 4.69) is 4.74 Å². The van der Waals surface area contributed by atoms with Crippen LogP contribution in [0.3, 0.4) is 0 Å². The van der Waals surface area contributed by atoms with Gasteiger partial charge in [-0.1, -0.05) is 12.1 Å². The van der Waals surface area contributed by atoms with E-state index in [1.54, 1.807) is 24.3 Å². The van der Waals surface area contributed by atoms with Crippen LogP contribution in [0.15, 0.2) is 24.3 Å². The summed E-state index contributed by atoms with van der Waals surface area (Å²) in [5.74, 6) is -0.474. The summed E-state index contributed by atoms with van der Waals surface area (Å²) in [6, 6.07) is 6.43. The van der Waals surface area contributed by atoms with Crippen LogP contribution in [-0.4, -0.2) is 24.6 Å². The van der Waals surface area contributed by atoms with E-state index in [-0.39, 0.29) is 12.6 Å². The molecule has 6 N–H and O–H groups in total. The highest BCUT2D eigenvalue weighted by Gasteiger charge is 2.07. The molecule has 0 spiro atoms. The molecule has 0 aromatic heterocycles. The van der Waals surface area contributed by atoms with Crippen molar-refractivity contribution in [2.75, 3.05) is 6.61 Å². The Morgan fingerprint density at radius 1 is 1.18 bits per heavy atom. The first-order valence-corrected chi connectivity index (χ1v) is 5.05. The molecule has 1 atom stereocenters. The smallest absolute Gasteiger partial charge is 0.404 e. The number of hydrogen-bond donors (Lipinski definition) is 3. The van der Waals surface area contributed by atoms with Gasteiger partial charge in [-0.2, -0.15) is 0 Å². The van der Waals surface area contributed by atoms with Gasteiger partial charge in [0.25, 0.3) is 0 Å². The van der Waals surface area contributed by atoms with Crippen LogP contribution < -0.4 is 17.2 Å². The van der Waals surface area contributed by atoms with Crippen LogP contribution in [0.25, 0.3) is 0 Å². The van der Waals surface area contributed by atoms with Crippen molar-refractivity contribution in [1.29, 1.82) is 0 Å². The summed E-state index contributed by atoms with van der Waals surface area (Å²) < 4.78 is 4.58. The monoisotopic (exact) mass is 237 g/mol. The predicted molar refractivity (Wildman–Crippen MR) is 62.2 cm³/mol. The fourth-order valence-electron chi connectivity index (χ4n) is 1.36. The molecule has 0 heterocycles. The van der Waals surface area contributed by atoms with Crippen molar-refractivity contribution in [3.8, 4) is 0 Å². The minimum atomic E-state index is -0.843. The quantitative estimate of drug-likeness (QED) is 0.653. The number of rotatable bonds is 5. The van der Waals surface area contributed by atoms with Gasteiger partial charge in [-0.25, -0.2) is 4.79 Å². The van der Waals surface area contributed by atoms with Crippen molar-refractivity contribution < 1.29 is 14.3 Å². The number of hydrogen-bond acceptors (Lipinski definition) is 4. The normalized spacial score (nSPS) is 11.8. The number of carbonyl (C=O) groups is 2. The van der Waals surface area contributed by atoms with Gasteiger partial charge < -0.3 is 21.9 Å². The lowest BCUT2D eigenvalue weighted by molar-refractivity contribution is 0.1000. The van der Waals surface area contributed by atoms with Crippen LogP contribution in [0.2, 0.25) is 0 Å². The Balaban J connectivity index is 2.51. The highest BCUT2D eigenvalue weighted by atomic mass is 16.5. The van der Waals surface area contributed by atoms with Crippen molar-refractivity contribution in [2.24, 2.45) is 17.2 Å². The minimum absolute atomic E-state index is 0.0624. The molecule has 0 saturated heterocycles. The summed E-state index contributed by atoms with van der Waals surface area (Å²) in [4.78, 5) is 21.2. The topological polar surface area (TPSA) is 121 Å². The fraction of sp³-hybridized carbons (Fsp3) is 0.273. The third kappa shape index (κ3) is 4.52. The molecule has 0 saturated carbocycles. The molecule has 2 amide bonds. The van der Waals surface area contributed by atoms with E-state index in [0.717, 1.165) is 5.56 Å². The molecule has 0 bridgehead atoms. The highest BCUT2D eigenvalue weighted by Crippen LogP contribution is 2.06. The second-order valence-corrected chi connectivity index (χ2v) is 3.66. The third-order valence-electron chi connectivity index (χ3n) is 2.18. The Morgan fingerprint density at radius 3 is 2.24 bits per heavy atom. The average molecular weight is 237 g/mol. The number of amides is 2. The molecular weight excluding hydrogens is 222 g/mol. The molecule has 6 nitrogen and oxygen atoms in total. The molecule has 6 heteroatoms. The molecule has 1 rings (SSSR count). The van der Waals surface area contributed by atoms with Crippen LogP contribution in [0.4, 0.5) is 4.79 Å². The average Bonchev–Trinajstić information content (AvgIpc) is 2.27.